The Bertz CT molecular complexity index is 407. The van der Waals surface area contributed by atoms with E-state index in [2.05, 4.69) is 10.3 Å². The fraction of sp³-hybridized carbons (Fsp3) is 0.462. The average Bonchev–Trinajstić information content (AvgIpc) is 2.32. The van der Waals surface area contributed by atoms with Gasteiger partial charge in [-0.3, -0.25) is 4.99 Å². The summed E-state index contributed by atoms with van der Waals surface area (Å²) in [6.07, 6.45) is -0.154. The Morgan fingerprint density at radius 3 is 2.67 bits per heavy atom. The lowest BCUT2D eigenvalue weighted by atomic mass is 10.3. The molecule has 1 rings (SSSR count). The molecule has 4 nitrogen and oxygen atoms in total. The first-order chi connectivity index (χ1) is 8.54. The van der Waals surface area contributed by atoms with E-state index in [0.29, 0.717) is 6.54 Å². The molecule has 0 bridgehead atoms. The standard InChI is InChI=1S/C13H20FN3O/c1-10(9-16-13(15-2)17(3)4)18-12-8-6-5-7-11(12)14/h5-8,10H,9H2,1-4H3,(H,15,16). The van der Waals surface area contributed by atoms with Crippen molar-refractivity contribution >= 4 is 5.96 Å². The van der Waals surface area contributed by atoms with Crippen LogP contribution in [0.2, 0.25) is 0 Å². The number of guanidine groups is 1. The third-order valence-electron chi connectivity index (χ3n) is 2.35. The second-order valence-corrected chi connectivity index (χ2v) is 4.18. The van der Waals surface area contributed by atoms with E-state index in [0.717, 1.165) is 5.96 Å². The molecule has 0 radical (unpaired) electrons. The van der Waals surface area contributed by atoms with Gasteiger partial charge in [-0.05, 0) is 19.1 Å². The van der Waals surface area contributed by atoms with Gasteiger partial charge in [0.1, 0.15) is 6.10 Å². The van der Waals surface area contributed by atoms with Crippen LogP contribution in [0.4, 0.5) is 4.39 Å². The van der Waals surface area contributed by atoms with Crippen LogP contribution in [0.15, 0.2) is 29.3 Å². The summed E-state index contributed by atoms with van der Waals surface area (Å²) in [5.74, 6) is 0.687. The molecule has 1 unspecified atom stereocenters. The number of aliphatic imine (C=N–C) groups is 1. The Morgan fingerprint density at radius 2 is 2.11 bits per heavy atom. The number of ether oxygens (including phenoxy) is 1. The average molecular weight is 253 g/mol. The fourth-order valence-electron chi connectivity index (χ4n) is 1.47. The van der Waals surface area contributed by atoms with Gasteiger partial charge in [0.2, 0.25) is 0 Å². The van der Waals surface area contributed by atoms with Gasteiger partial charge >= 0.3 is 0 Å². The van der Waals surface area contributed by atoms with Crippen LogP contribution in [0.3, 0.4) is 0 Å². The summed E-state index contributed by atoms with van der Waals surface area (Å²) in [5.41, 5.74) is 0. The van der Waals surface area contributed by atoms with Crippen LogP contribution >= 0.6 is 0 Å². The molecule has 0 aliphatic rings. The predicted octanol–water partition coefficient (Wildman–Crippen LogP) is 1.73. The monoisotopic (exact) mass is 253 g/mol. The van der Waals surface area contributed by atoms with Crippen LogP contribution in [0.1, 0.15) is 6.92 Å². The summed E-state index contributed by atoms with van der Waals surface area (Å²) in [4.78, 5) is 5.96. The van der Waals surface area contributed by atoms with E-state index in [1.807, 2.05) is 25.9 Å². The minimum absolute atomic E-state index is 0.154. The minimum Gasteiger partial charge on any atom is -0.486 e. The van der Waals surface area contributed by atoms with E-state index < -0.39 is 0 Å². The number of hydrogen-bond acceptors (Lipinski definition) is 2. The zero-order chi connectivity index (χ0) is 13.5. The van der Waals surface area contributed by atoms with Crippen LogP contribution in [0.25, 0.3) is 0 Å². The second-order valence-electron chi connectivity index (χ2n) is 4.18. The van der Waals surface area contributed by atoms with Gasteiger partial charge in [0, 0.05) is 21.1 Å². The summed E-state index contributed by atoms with van der Waals surface area (Å²) in [7, 11) is 5.51. The van der Waals surface area contributed by atoms with Gasteiger partial charge in [-0.25, -0.2) is 4.39 Å². The van der Waals surface area contributed by atoms with E-state index in [1.165, 1.54) is 6.07 Å². The molecular formula is C13H20FN3O. The lowest BCUT2D eigenvalue weighted by Gasteiger charge is -2.20. The number of para-hydroxylation sites is 1. The van der Waals surface area contributed by atoms with Crippen molar-refractivity contribution in [2.75, 3.05) is 27.7 Å². The Kier molecular flexibility index (Phi) is 5.42. The van der Waals surface area contributed by atoms with Gasteiger partial charge < -0.3 is 15.0 Å². The molecule has 1 N–H and O–H groups in total. The quantitative estimate of drug-likeness (QED) is 0.656. The highest BCUT2D eigenvalue weighted by atomic mass is 19.1. The highest BCUT2D eigenvalue weighted by molar-refractivity contribution is 5.79. The number of rotatable bonds is 4. The molecule has 1 aromatic rings. The number of nitrogens with zero attached hydrogens (tertiary/aromatic N) is 2. The van der Waals surface area contributed by atoms with E-state index in [4.69, 9.17) is 4.74 Å². The summed E-state index contributed by atoms with van der Waals surface area (Å²) >= 11 is 0. The van der Waals surface area contributed by atoms with Crippen molar-refractivity contribution in [3.8, 4) is 5.75 Å². The highest BCUT2D eigenvalue weighted by Gasteiger charge is 2.09. The van der Waals surface area contributed by atoms with Gasteiger partial charge in [-0.1, -0.05) is 12.1 Å². The third kappa shape index (κ3) is 4.24. The van der Waals surface area contributed by atoms with Crippen LogP contribution < -0.4 is 10.1 Å². The summed E-state index contributed by atoms with van der Waals surface area (Å²) in [6.45, 7) is 2.43. The molecule has 0 saturated carbocycles. The number of benzene rings is 1. The number of halogens is 1. The van der Waals surface area contributed by atoms with Crippen molar-refractivity contribution in [2.24, 2.45) is 4.99 Å². The second kappa shape index (κ2) is 6.83. The van der Waals surface area contributed by atoms with Crippen molar-refractivity contribution in [3.05, 3.63) is 30.1 Å². The van der Waals surface area contributed by atoms with Gasteiger partial charge in [0.15, 0.2) is 17.5 Å². The summed E-state index contributed by atoms with van der Waals surface area (Å²) < 4.78 is 18.9. The van der Waals surface area contributed by atoms with Gasteiger partial charge in [0.25, 0.3) is 0 Å². The normalized spacial score (nSPS) is 13.1. The maximum atomic E-state index is 13.4. The Balaban J connectivity index is 2.48. The van der Waals surface area contributed by atoms with Crippen molar-refractivity contribution in [2.45, 2.75) is 13.0 Å². The summed E-state index contributed by atoms with van der Waals surface area (Å²) in [6, 6.07) is 6.39. The Labute approximate surface area is 107 Å². The van der Waals surface area contributed by atoms with Gasteiger partial charge in [0.05, 0.1) is 6.54 Å². The minimum atomic E-state index is -0.346. The van der Waals surface area contributed by atoms with Gasteiger partial charge in [-0.15, -0.1) is 0 Å². The molecule has 0 aliphatic carbocycles. The van der Waals surface area contributed by atoms with Gasteiger partial charge in [-0.2, -0.15) is 0 Å². The molecular weight excluding hydrogens is 233 g/mol. The van der Waals surface area contributed by atoms with Crippen LogP contribution in [0, 0.1) is 5.82 Å². The predicted molar refractivity (Wildman–Crippen MR) is 71.5 cm³/mol. The maximum absolute atomic E-state index is 13.4. The molecule has 0 fully saturated rings. The largest absolute Gasteiger partial charge is 0.486 e. The van der Waals surface area contributed by atoms with Crippen molar-refractivity contribution in [1.82, 2.24) is 10.2 Å². The molecule has 1 aromatic carbocycles. The molecule has 18 heavy (non-hydrogen) atoms. The third-order valence-corrected chi connectivity index (χ3v) is 2.35. The molecule has 0 spiro atoms. The molecule has 0 saturated heterocycles. The smallest absolute Gasteiger partial charge is 0.193 e. The topological polar surface area (TPSA) is 36.9 Å². The Morgan fingerprint density at radius 1 is 1.44 bits per heavy atom. The first-order valence-corrected chi connectivity index (χ1v) is 5.83. The molecule has 1 atom stereocenters. The zero-order valence-corrected chi connectivity index (χ0v) is 11.3. The van der Waals surface area contributed by atoms with E-state index in [1.54, 1.807) is 25.2 Å². The number of hydrogen-bond donors (Lipinski definition) is 1. The highest BCUT2D eigenvalue weighted by Crippen LogP contribution is 2.16. The molecule has 0 aromatic heterocycles. The van der Waals surface area contributed by atoms with Crippen molar-refractivity contribution in [3.63, 3.8) is 0 Å². The molecule has 5 heteroatoms. The SMILES string of the molecule is CN=C(NCC(C)Oc1ccccc1F)N(C)C. The fourth-order valence-corrected chi connectivity index (χ4v) is 1.47. The van der Waals surface area contributed by atoms with Crippen molar-refractivity contribution < 1.29 is 9.13 Å². The van der Waals surface area contributed by atoms with Crippen LogP contribution in [-0.4, -0.2) is 44.7 Å². The van der Waals surface area contributed by atoms with Crippen LogP contribution in [-0.2, 0) is 0 Å². The maximum Gasteiger partial charge on any atom is 0.193 e. The zero-order valence-electron chi connectivity index (χ0n) is 11.3. The molecule has 0 aliphatic heterocycles. The number of nitrogens with one attached hydrogen (secondary N) is 1. The van der Waals surface area contributed by atoms with E-state index >= 15 is 0 Å². The first kappa shape index (κ1) is 14.3. The summed E-state index contributed by atoms with van der Waals surface area (Å²) in [5, 5.41) is 3.14. The van der Waals surface area contributed by atoms with E-state index in [-0.39, 0.29) is 17.7 Å². The Hall–Kier alpha value is -1.78. The lowest BCUT2D eigenvalue weighted by Crippen LogP contribution is -2.41. The lowest BCUT2D eigenvalue weighted by molar-refractivity contribution is 0.213. The van der Waals surface area contributed by atoms with Crippen molar-refractivity contribution in [1.29, 1.82) is 0 Å². The van der Waals surface area contributed by atoms with E-state index in [9.17, 15) is 4.39 Å². The molecule has 100 valence electrons. The van der Waals surface area contributed by atoms with Crippen LogP contribution in [0.5, 0.6) is 5.75 Å². The first-order valence-electron chi connectivity index (χ1n) is 5.83. The molecule has 0 amide bonds. The molecule has 0 heterocycles.